The second-order valence-electron chi connectivity index (χ2n) is 6.07. The number of amides is 1. The summed E-state index contributed by atoms with van der Waals surface area (Å²) in [5.41, 5.74) is -0.580. The molecule has 2 aromatic carbocycles. The van der Waals surface area contributed by atoms with E-state index in [9.17, 15) is 26.4 Å². The van der Waals surface area contributed by atoms with Crippen molar-refractivity contribution >= 4 is 33.2 Å². The molecular formula is C17H14ClF3N2O3S. The lowest BCUT2D eigenvalue weighted by molar-refractivity contribution is -0.137. The van der Waals surface area contributed by atoms with Crippen molar-refractivity contribution < 1.29 is 26.4 Å². The number of hydrogen-bond acceptors (Lipinski definition) is 3. The monoisotopic (exact) mass is 418 g/mol. The number of hydrogen-bond donors (Lipinski definition) is 2. The highest BCUT2D eigenvalue weighted by atomic mass is 35.5. The molecule has 1 amide bonds. The third kappa shape index (κ3) is 4.36. The Morgan fingerprint density at radius 1 is 1.11 bits per heavy atom. The quantitative estimate of drug-likeness (QED) is 0.793. The first-order valence-corrected chi connectivity index (χ1v) is 9.68. The molecule has 144 valence electrons. The maximum Gasteiger partial charge on any atom is 0.416 e. The predicted octanol–water partition coefficient (Wildman–Crippen LogP) is 3.76. The topological polar surface area (TPSA) is 75.3 Å². The summed E-state index contributed by atoms with van der Waals surface area (Å²) >= 11 is 5.83. The second kappa shape index (κ2) is 7.05. The van der Waals surface area contributed by atoms with E-state index in [0.29, 0.717) is 19.0 Å². The Hall–Kier alpha value is -2.26. The molecule has 5 nitrogen and oxygen atoms in total. The van der Waals surface area contributed by atoms with E-state index in [1.165, 1.54) is 12.1 Å². The summed E-state index contributed by atoms with van der Waals surface area (Å²) < 4.78 is 65.5. The largest absolute Gasteiger partial charge is 0.416 e. The molecule has 0 aromatic heterocycles. The number of benzene rings is 2. The van der Waals surface area contributed by atoms with E-state index in [1.807, 2.05) is 0 Å². The maximum absolute atomic E-state index is 12.8. The highest BCUT2D eigenvalue weighted by Crippen LogP contribution is 2.34. The van der Waals surface area contributed by atoms with Crippen LogP contribution in [0.4, 0.5) is 18.9 Å². The number of sulfonamides is 1. The van der Waals surface area contributed by atoms with Crippen LogP contribution in [0.2, 0.25) is 5.02 Å². The smallest absolute Gasteiger partial charge is 0.355 e. The third-order valence-corrected chi connectivity index (χ3v) is 5.89. The van der Waals surface area contributed by atoms with E-state index in [1.54, 1.807) is 12.1 Å². The first-order valence-electron chi connectivity index (χ1n) is 7.82. The molecule has 1 heterocycles. The van der Waals surface area contributed by atoms with Gasteiger partial charge < -0.3 is 5.32 Å². The highest BCUT2D eigenvalue weighted by Gasteiger charge is 2.31. The van der Waals surface area contributed by atoms with Crippen molar-refractivity contribution in [3.63, 3.8) is 0 Å². The fraction of sp³-hybridized carbons (Fsp3) is 0.235. The van der Waals surface area contributed by atoms with Gasteiger partial charge in [0.2, 0.25) is 5.91 Å². The van der Waals surface area contributed by atoms with E-state index in [-0.39, 0.29) is 27.4 Å². The summed E-state index contributed by atoms with van der Waals surface area (Å²) in [6.07, 6.45) is -4.30. The number of rotatable bonds is 4. The summed E-state index contributed by atoms with van der Waals surface area (Å²) in [5.74, 6) is -0.113. The number of carbonyl (C=O) groups excluding carboxylic acids is 1. The molecule has 2 aromatic rings. The van der Waals surface area contributed by atoms with Crippen LogP contribution in [0, 0.1) is 0 Å². The normalized spacial score (nSPS) is 17.6. The van der Waals surface area contributed by atoms with Crippen LogP contribution >= 0.6 is 11.6 Å². The van der Waals surface area contributed by atoms with Crippen LogP contribution in [0.3, 0.4) is 0 Å². The first-order chi connectivity index (χ1) is 12.6. The zero-order valence-corrected chi connectivity index (χ0v) is 15.3. The molecule has 10 heteroatoms. The van der Waals surface area contributed by atoms with Crippen molar-refractivity contribution in [2.24, 2.45) is 0 Å². The fourth-order valence-corrected chi connectivity index (χ4v) is 4.03. The molecule has 0 spiro atoms. The SMILES string of the molecule is O=C1C[C@H](c2ccc(S(=O)(=O)Nc3cc(C(F)(F)F)ccc3Cl)cc2)CN1. The van der Waals surface area contributed by atoms with E-state index < -0.39 is 21.8 Å². The molecule has 1 fully saturated rings. The van der Waals surface area contributed by atoms with Crippen molar-refractivity contribution in [1.29, 1.82) is 0 Å². The lowest BCUT2D eigenvalue weighted by atomic mass is 9.99. The van der Waals surface area contributed by atoms with Crippen molar-refractivity contribution in [2.75, 3.05) is 11.3 Å². The van der Waals surface area contributed by atoms with Gasteiger partial charge in [-0.15, -0.1) is 0 Å². The van der Waals surface area contributed by atoms with Gasteiger partial charge in [-0.05, 0) is 35.9 Å². The minimum atomic E-state index is -4.63. The van der Waals surface area contributed by atoms with Crippen molar-refractivity contribution in [3.05, 3.63) is 58.6 Å². The number of alkyl halides is 3. The third-order valence-electron chi connectivity index (χ3n) is 4.18. The van der Waals surface area contributed by atoms with Gasteiger partial charge in [0.1, 0.15) is 0 Å². The van der Waals surface area contributed by atoms with Gasteiger partial charge in [0.15, 0.2) is 0 Å². The standard InChI is InChI=1S/C17H14ClF3N2O3S/c18-14-6-3-12(17(19,20)21)8-15(14)23-27(25,26)13-4-1-10(2-5-13)11-7-16(24)22-9-11/h1-6,8,11,23H,7,9H2,(H,22,24)/t11-/m0/s1. The Morgan fingerprint density at radius 2 is 1.78 bits per heavy atom. The predicted molar refractivity (Wildman–Crippen MR) is 94.1 cm³/mol. The molecule has 1 atom stereocenters. The maximum atomic E-state index is 12.8. The molecule has 1 aliphatic rings. The fourth-order valence-electron chi connectivity index (χ4n) is 2.74. The Kier molecular flexibility index (Phi) is 5.09. The van der Waals surface area contributed by atoms with Crippen LogP contribution in [0.15, 0.2) is 47.4 Å². The van der Waals surface area contributed by atoms with Gasteiger partial charge in [-0.3, -0.25) is 9.52 Å². The van der Waals surface area contributed by atoms with E-state index in [0.717, 1.165) is 17.7 Å². The molecule has 1 aliphatic heterocycles. The van der Waals surface area contributed by atoms with Crippen LogP contribution in [0.25, 0.3) is 0 Å². The number of nitrogens with one attached hydrogen (secondary N) is 2. The Morgan fingerprint density at radius 3 is 2.33 bits per heavy atom. The van der Waals surface area contributed by atoms with Gasteiger partial charge in [-0.2, -0.15) is 13.2 Å². The van der Waals surface area contributed by atoms with Crippen molar-refractivity contribution in [2.45, 2.75) is 23.4 Å². The second-order valence-corrected chi connectivity index (χ2v) is 8.16. The summed E-state index contributed by atoms with van der Waals surface area (Å²) in [6.45, 7) is 0.475. The van der Waals surface area contributed by atoms with Crippen LogP contribution in [0.5, 0.6) is 0 Å². The molecule has 27 heavy (non-hydrogen) atoms. The average Bonchev–Trinajstić information content (AvgIpc) is 3.02. The minimum Gasteiger partial charge on any atom is -0.355 e. The van der Waals surface area contributed by atoms with Gasteiger partial charge in [0.05, 0.1) is 21.2 Å². The first kappa shape index (κ1) is 19.5. The zero-order chi connectivity index (χ0) is 19.8. The summed E-state index contributed by atoms with van der Waals surface area (Å²) in [5, 5.41) is 2.54. The molecule has 0 bridgehead atoms. The van der Waals surface area contributed by atoms with E-state index in [4.69, 9.17) is 11.6 Å². The lowest BCUT2D eigenvalue weighted by Crippen LogP contribution is -2.15. The van der Waals surface area contributed by atoms with Gasteiger partial charge in [0, 0.05) is 18.9 Å². The molecule has 2 N–H and O–H groups in total. The number of halogens is 4. The molecular weight excluding hydrogens is 405 g/mol. The van der Waals surface area contributed by atoms with Gasteiger partial charge in [0.25, 0.3) is 10.0 Å². The number of anilines is 1. The summed E-state index contributed by atoms with van der Waals surface area (Å²) in [7, 11) is -4.13. The van der Waals surface area contributed by atoms with Gasteiger partial charge in [-0.25, -0.2) is 8.42 Å². The highest BCUT2D eigenvalue weighted by molar-refractivity contribution is 7.92. The van der Waals surface area contributed by atoms with Crippen LogP contribution < -0.4 is 10.0 Å². The molecule has 0 radical (unpaired) electrons. The Bertz CT molecular complexity index is 976. The van der Waals surface area contributed by atoms with Gasteiger partial charge in [-0.1, -0.05) is 23.7 Å². The summed E-state index contributed by atoms with van der Waals surface area (Å²) in [6, 6.07) is 8.22. The lowest BCUT2D eigenvalue weighted by Gasteiger charge is -2.14. The summed E-state index contributed by atoms with van der Waals surface area (Å²) in [4.78, 5) is 11.1. The molecule has 1 saturated heterocycles. The zero-order valence-electron chi connectivity index (χ0n) is 13.7. The Balaban J connectivity index is 1.84. The van der Waals surface area contributed by atoms with Crippen LogP contribution in [-0.4, -0.2) is 20.9 Å². The van der Waals surface area contributed by atoms with Crippen molar-refractivity contribution in [1.82, 2.24) is 5.32 Å². The van der Waals surface area contributed by atoms with Crippen molar-refractivity contribution in [3.8, 4) is 0 Å². The molecule has 0 aliphatic carbocycles. The molecule has 0 saturated carbocycles. The van der Waals surface area contributed by atoms with E-state index in [2.05, 4.69) is 10.0 Å². The van der Waals surface area contributed by atoms with Gasteiger partial charge >= 0.3 is 6.18 Å². The molecule has 0 unspecified atom stereocenters. The number of carbonyl (C=O) groups is 1. The molecule has 3 rings (SSSR count). The van der Waals surface area contributed by atoms with E-state index >= 15 is 0 Å². The average molecular weight is 419 g/mol. The van der Waals surface area contributed by atoms with Crippen LogP contribution in [0.1, 0.15) is 23.5 Å². The minimum absolute atomic E-state index is 0.0416. The van der Waals surface area contributed by atoms with Crippen LogP contribution in [-0.2, 0) is 21.0 Å². The Labute approximate surface area is 158 Å².